The van der Waals surface area contributed by atoms with Gasteiger partial charge in [0.15, 0.2) is 11.5 Å². The van der Waals surface area contributed by atoms with Gasteiger partial charge in [0, 0.05) is 19.2 Å². The van der Waals surface area contributed by atoms with E-state index in [2.05, 4.69) is 5.32 Å². The van der Waals surface area contributed by atoms with Crippen LogP contribution in [0.2, 0.25) is 0 Å². The molecule has 2 amide bonds. The highest BCUT2D eigenvalue weighted by Crippen LogP contribution is 2.30. The lowest BCUT2D eigenvalue weighted by molar-refractivity contribution is -0.129. The predicted molar refractivity (Wildman–Crippen MR) is 111 cm³/mol. The third-order valence-corrected chi connectivity index (χ3v) is 4.50. The Morgan fingerprint density at radius 2 is 1.66 bits per heavy atom. The van der Waals surface area contributed by atoms with Crippen molar-refractivity contribution in [3.8, 4) is 17.2 Å². The Morgan fingerprint density at radius 3 is 2.24 bits per heavy atom. The molecule has 2 aromatic rings. The molecule has 0 unspecified atom stereocenters. The Labute approximate surface area is 171 Å². The molecule has 0 atom stereocenters. The van der Waals surface area contributed by atoms with Crippen molar-refractivity contribution in [2.24, 2.45) is 0 Å². The van der Waals surface area contributed by atoms with Crippen molar-refractivity contribution in [3.05, 3.63) is 53.1 Å². The molecule has 1 N–H and O–H groups in total. The first kappa shape index (κ1) is 22.1. The van der Waals surface area contributed by atoms with Crippen LogP contribution in [0, 0.1) is 6.92 Å². The number of benzene rings is 2. The van der Waals surface area contributed by atoms with Gasteiger partial charge >= 0.3 is 0 Å². The van der Waals surface area contributed by atoms with Crippen molar-refractivity contribution >= 4 is 11.8 Å². The molecule has 0 fully saturated rings. The molecule has 0 aliphatic heterocycles. The highest BCUT2D eigenvalue weighted by molar-refractivity contribution is 5.96. The van der Waals surface area contributed by atoms with E-state index >= 15 is 0 Å². The number of aryl methyl sites for hydroxylation is 1. The monoisotopic (exact) mass is 400 g/mol. The quantitative estimate of drug-likeness (QED) is 0.700. The molecule has 0 bridgehead atoms. The van der Waals surface area contributed by atoms with E-state index in [0.29, 0.717) is 36.0 Å². The Kier molecular flexibility index (Phi) is 7.88. The number of likely N-dealkylation sites (N-methyl/N-ethyl adjacent to an activating group) is 1. The number of rotatable bonds is 9. The van der Waals surface area contributed by atoms with E-state index in [1.54, 1.807) is 50.4 Å². The molecule has 2 aromatic carbocycles. The Bertz CT molecular complexity index is 849. The Morgan fingerprint density at radius 1 is 1.03 bits per heavy atom. The highest BCUT2D eigenvalue weighted by Gasteiger charge is 2.15. The molecular formula is C22H28N2O5. The van der Waals surface area contributed by atoms with Crippen LogP contribution in [0.4, 0.5) is 0 Å². The van der Waals surface area contributed by atoms with E-state index in [9.17, 15) is 9.59 Å². The smallest absolute Gasteiger partial charge is 0.251 e. The summed E-state index contributed by atoms with van der Waals surface area (Å²) in [5.74, 6) is 1.45. The Balaban J connectivity index is 1.94. The minimum atomic E-state index is -0.308. The summed E-state index contributed by atoms with van der Waals surface area (Å²) in [7, 11) is 4.85. The van der Waals surface area contributed by atoms with Crippen LogP contribution in [0.15, 0.2) is 36.4 Å². The van der Waals surface area contributed by atoms with Crippen molar-refractivity contribution in [3.63, 3.8) is 0 Å². The number of carbonyl (C=O) groups is 2. The van der Waals surface area contributed by atoms with Gasteiger partial charge in [0.1, 0.15) is 5.75 Å². The van der Waals surface area contributed by atoms with Gasteiger partial charge in [-0.2, -0.15) is 0 Å². The van der Waals surface area contributed by atoms with Gasteiger partial charge in [0.25, 0.3) is 5.91 Å². The summed E-state index contributed by atoms with van der Waals surface area (Å²) < 4.78 is 16.0. The zero-order valence-electron chi connectivity index (χ0n) is 17.6. The summed E-state index contributed by atoms with van der Waals surface area (Å²) in [5.41, 5.74) is 2.40. The average molecular weight is 400 g/mol. The average Bonchev–Trinajstić information content (AvgIpc) is 2.73. The number of nitrogens with zero attached hydrogens (tertiary/aromatic N) is 1. The van der Waals surface area contributed by atoms with Gasteiger partial charge in [-0.05, 0) is 61.4 Å². The summed E-state index contributed by atoms with van der Waals surface area (Å²) in [6.45, 7) is 4.71. The zero-order valence-corrected chi connectivity index (χ0v) is 17.6. The van der Waals surface area contributed by atoms with Crippen molar-refractivity contribution < 1.29 is 23.8 Å². The van der Waals surface area contributed by atoms with Crippen molar-refractivity contribution in [2.75, 3.05) is 34.4 Å². The number of nitrogens with one attached hydrogen (secondary N) is 1. The second-order valence-electron chi connectivity index (χ2n) is 6.52. The molecule has 156 valence electrons. The van der Waals surface area contributed by atoms with Crippen LogP contribution in [0.5, 0.6) is 17.2 Å². The first-order valence-electron chi connectivity index (χ1n) is 9.36. The molecule has 0 spiro atoms. The number of hydrogen-bond donors (Lipinski definition) is 1. The maximum Gasteiger partial charge on any atom is 0.251 e. The topological polar surface area (TPSA) is 77.1 Å². The molecule has 0 aliphatic carbocycles. The van der Waals surface area contributed by atoms with Gasteiger partial charge in [-0.15, -0.1) is 0 Å². The highest BCUT2D eigenvalue weighted by atomic mass is 16.5. The van der Waals surface area contributed by atoms with Crippen LogP contribution in [0.25, 0.3) is 0 Å². The Hall–Kier alpha value is -3.22. The van der Waals surface area contributed by atoms with E-state index in [1.807, 2.05) is 26.0 Å². The fourth-order valence-corrected chi connectivity index (χ4v) is 2.80. The lowest BCUT2D eigenvalue weighted by Crippen LogP contribution is -2.37. The molecule has 0 saturated heterocycles. The van der Waals surface area contributed by atoms with Gasteiger partial charge in [-0.1, -0.05) is 0 Å². The summed E-state index contributed by atoms with van der Waals surface area (Å²) in [5, 5.41) is 2.66. The summed E-state index contributed by atoms with van der Waals surface area (Å²) in [6.07, 6.45) is 0. The number of ether oxygens (including phenoxy) is 3. The standard InChI is InChI=1S/C22H28N2O5/c1-6-29-18-9-7-16(8-10-18)22(26)23-13-21(25)24(3)14-17-12-20(28-5)19(27-4)11-15(17)2/h7-12H,6,13-14H2,1-5H3,(H,23,26). The van der Waals surface area contributed by atoms with Gasteiger partial charge in [0.2, 0.25) is 5.91 Å². The second kappa shape index (κ2) is 10.4. The van der Waals surface area contributed by atoms with Crippen molar-refractivity contribution in [1.29, 1.82) is 0 Å². The van der Waals surface area contributed by atoms with E-state index in [0.717, 1.165) is 11.1 Å². The summed E-state index contributed by atoms with van der Waals surface area (Å²) >= 11 is 0. The van der Waals surface area contributed by atoms with Crippen LogP contribution in [0.3, 0.4) is 0 Å². The van der Waals surface area contributed by atoms with Crippen LogP contribution >= 0.6 is 0 Å². The van der Waals surface area contributed by atoms with Gasteiger partial charge in [-0.25, -0.2) is 0 Å². The zero-order chi connectivity index (χ0) is 21.4. The third kappa shape index (κ3) is 5.88. The predicted octanol–water partition coefficient (Wildman–Crippen LogP) is 2.80. The lowest BCUT2D eigenvalue weighted by atomic mass is 10.1. The van der Waals surface area contributed by atoms with Crippen LogP contribution in [0.1, 0.15) is 28.4 Å². The third-order valence-electron chi connectivity index (χ3n) is 4.50. The molecule has 0 saturated carbocycles. The fourth-order valence-electron chi connectivity index (χ4n) is 2.80. The molecule has 0 radical (unpaired) electrons. The number of hydrogen-bond acceptors (Lipinski definition) is 5. The van der Waals surface area contributed by atoms with Crippen LogP contribution in [-0.2, 0) is 11.3 Å². The van der Waals surface area contributed by atoms with E-state index in [-0.39, 0.29) is 18.4 Å². The molecule has 0 aromatic heterocycles. The largest absolute Gasteiger partial charge is 0.494 e. The van der Waals surface area contributed by atoms with E-state index in [1.165, 1.54) is 0 Å². The molecule has 29 heavy (non-hydrogen) atoms. The van der Waals surface area contributed by atoms with Gasteiger partial charge < -0.3 is 24.4 Å². The first-order chi connectivity index (χ1) is 13.9. The number of amides is 2. The lowest BCUT2D eigenvalue weighted by Gasteiger charge is -2.20. The maximum atomic E-state index is 12.4. The van der Waals surface area contributed by atoms with Crippen LogP contribution < -0.4 is 19.5 Å². The molecule has 0 heterocycles. The number of carbonyl (C=O) groups excluding carboxylic acids is 2. The minimum absolute atomic E-state index is 0.0884. The number of methoxy groups -OCH3 is 2. The summed E-state index contributed by atoms with van der Waals surface area (Å²) in [6, 6.07) is 10.5. The van der Waals surface area contributed by atoms with Crippen molar-refractivity contribution in [1.82, 2.24) is 10.2 Å². The molecule has 2 rings (SSSR count). The minimum Gasteiger partial charge on any atom is -0.494 e. The van der Waals surface area contributed by atoms with Gasteiger partial charge in [-0.3, -0.25) is 9.59 Å². The van der Waals surface area contributed by atoms with Crippen LogP contribution in [-0.4, -0.2) is 51.1 Å². The fraction of sp³-hybridized carbons (Fsp3) is 0.364. The van der Waals surface area contributed by atoms with E-state index < -0.39 is 0 Å². The van der Waals surface area contributed by atoms with Gasteiger partial charge in [0.05, 0.1) is 27.4 Å². The molecule has 0 aliphatic rings. The first-order valence-corrected chi connectivity index (χ1v) is 9.36. The van der Waals surface area contributed by atoms with Crippen molar-refractivity contribution in [2.45, 2.75) is 20.4 Å². The molecular weight excluding hydrogens is 372 g/mol. The van der Waals surface area contributed by atoms with E-state index in [4.69, 9.17) is 14.2 Å². The molecule has 7 nitrogen and oxygen atoms in total. The SMILES string of the molecule is CCOc1ccc(C(=O)NCC(=O)N(C)Cc2cc(OC)c(OC)cc2C)cc1. The summed E-state index contributed by atoms with van der Waals surface area (Å²) in [4.78, 5) is 26.3. The maximum absolute atomic E-state index is 12.4. The molecule has 7 heteroatoms. The normalized spacial score (nSPS) is 10.2. The second-order valence-corrected chi connectivity index (χ2v) is 6.52.